The Morgan fingerprint density at radius 1 is 1.21 bits per heavy atom. The average molecular weight is 285 g/mol. The summed E-state index contributed by atoms with van der Waals surface area (Å²) in [4.78, 5) is 11.6. The van der Waals surface area contributed by atoms with Crippen molar-refractivity contribution >= 4 is 21.6 Å². The molecule has 1 rings (SSSR count). The van der Waals surface area contributed by atoms with E-state index in [-0.39, 0.29) is 16.8 Å². The van der Waals surface area contributed by atoms with E-state index in [0.717, 1.165) is 4.31 Å². The van der Waals surface area contributed by atoms with Gasteiger partial charge in [-0.1, -0.05) is 0 Å². The minimum absolute atomic E-state index is 0.134. The monoisotopic (exact) mass is 285 g/mol. The van der Waals surface area contributed by atoms with Crippen molar-refractivity contribution in [3.63, 3.8) is 0 Å². The zero-order chi connectivity index (χ0) is 14.6. The van der Waals surface area contributed by atoms with E-state index >= 15 is 0 Å². The van der Waals surface area contributed by atoms with Crippen molar-refractivity contribution in [2.45, 2.75) is 17.9 Å². The third kappa shape index (κ3) is 3.68. The Labute approximate surface area is 113 Å². The second-order valence-electron chi connectivity index (χ2n) is 4.29. The summed E-state index contributed by atoms with van der Waals surface area (Å²) in [7, 11) is 1.11. The minimum atomic E-state index is -3.42. The Bertz CT molecular complexity index is 538. The van der Waals surface area contributed by atoms with E-state index in [4.69, 9.17) is 0 Å². The molecule has 1 unspecified atom stereocenters. The average Bonchev–Trinajstić information content (AvgIpc) is 2.38. The van der Waals surface area contributed by atoms with Crippen LogP contribution in [0.3, 0.4) is 0 Å². The van der Waals surface area contributed by atoms with Crippen molar-refractivity contribution in [3.05, 3.63) is 24.3 Å². The fourth-order valence-electron chi connectivity index (χ4n) is 1.47. The first-order chi connectivity index (χ1) is 8.78. The van der Waals surface area contributed by atoms with Crippen LogP contribution in [0.4, 0.5) is 5.69 Å². The van der Waals surface area contributed by atoms with Crippen molar-refractivity contribution < 1.29 is 13.2 Å². The number of carbonyl (C=O) groups is 1. The van der Waals surface area contributed by atoms with Gasteiger partial charge in [0.15, 0.2) is 0 Å². The zero-order valence-electron chi connectivity index (χ0n) is 11.5. The molecule has 6 nitrogen and oxygen atoms in total. The maximum Gasteiger partial charge on any atom is 0.242 e. The van der Waals surface area contributed by atoms with Crippen molar-refractivity contribution in [2.75, 3.05) is 26.5 Å². The molecule has 0 aromatic heterocycles. The number of anilines is 1. The largest absolute Gasteiger partial charge is 0.374 e. The van der Waals surface area contributed by atoms with Gasteiger partial charge in [-0.15, -0.1) is 0 Å². The quantitative estimate of drug-likeness (QED) is 0.825. The van der Waals surface area contributed by atoms with Crippen LogP contribution in [0.1, 0.15) is 6.92 Å². The van der Waals surface area contributed by atoms with Crippen LogP contribution < -0.4 is 10.6 Å². The van der Waals surface area contributed by atoms with Crippen LogP contribution in [0.2, 0.25) is 0 Å². The van der Waals surface area contributed by atoms with Crippen LogP contribution in [0.25, 0.3) is 0 Å². The number of nitrogens with zero attached hydrogens (tertiary/aromatic N) is 1. The number of likely N-dealkylation sites (N-methyl/N-ethyl adjacent to an activating group) is 1. The molecule has 0 saturated carbocycles. The number of benzene rings is 1. The third-order valence-electron chi connectivity index (χ3n) is 2.66. The summed E-state index contributed by atoms with van der Waals surface area (Å²) in [6.07, 6.45) is 0. The number of nitrogens with one attached hydrogen (secondary N) is 2. The lowest BCUT2D eigenvalue weighted by Crippen LogP contribution is -2.35. The van der Waals surface area contributed by atoms with Gasteiger partial charge in [0.05, 0.1) is 4.90 Å². The first kappa shape index (κ1) is 15.5. The summed E-state index contributed by atoms with van der Waals surface area (Å²) in [5, 5.41) is 5.51. The maximum absolute atomic E-state index is 11.9. The molecule has 0 fully saturated rings. The highest BCUT2D eigenvalue weighted by molar-refractivity contribution is 7.89. The summed E-state index contributed by atoms with van der Waals surface area (Å²) in [5.74, 6) is -0.134. The number of hydrogen-bond donors (Lipinski definition) is 2. The van der Waals surface area contributed by atoms with Gasteiger partial charge in [-0.3, -0.25) is 4.79 Å². The van der Waals surface area contributed by atoms with Crippen molar-refractivity contribution in [3.8, 4) is 0 Å². The Morgan fingerprint density at radius 3 is 2.16 bits per heavy atom. The van der Waals surface area contributed by atoms with Crippen molar-refractivity contribution in [1.29, 1.82) is 0 Å². The lowest BCUT2D eigenvalue weighted by Gasteiger charge is -2.15. The number of hydrogen-bond acceptors (Lipinski definition) is 4. The summed E-state index contributed by atoms with van der Waals surface area (Å²) < 4.78 is 24.9. The molecule has 19 heavy (non-hydrogen) atoms. The highest BCUT2D eigenvalue weighted by atomic mass is 32.2. The molecule has 0 aliphatic carbocycles. The molecular weight excluding hydrogens is 266 g/mol. The maximum atomic E-state index is 11.9. The molecule has 0 aliphatic heterocycles. The second kappa shape index (κ2) is 6.03. The van der Waals surface area contributed by atoms with Gasteiger partial charge in [-0.2, -0.15) is 0 Å². The Hall–Kier alpha value is -1.60. The highest BCUT2D eigenvalue weighted by Gasteiger charge is 2.17. The number of amides is 1. The van der Waals surface area contributed by atoms with Gasteiger partial charge < -0.3 is 10.6 Å². The third-order valence-corrected chi connectivity index (χ3v) is 4.49. The Kier molecular flexibility index (Phi) is 4.90. The van der Waals surface area contributed by atoms with Crippen LogP contribution in [0.15, 0.2) is 29.2 Å². The molecule has 2 N–H and O–H groups in total. The molecule has 0 aliphatic rings. The van der Waals surface area contributed by atoms with Crippen molar-refractivity contribution in [1.82, 2.24) is 9.62 Å². The number of rotatable bonds is 5. The van der Waals surface area contributed by atoms with E-state index in [1.165, 1.54) is 26.2 Å². The molecule has 0 radical (unpaired) electrons. The van der Waals surface area contributed by atoms with E-state index in [1.807, 2.05) is 0 Å². The lowest BCUT2D eigenvalue weighted by molar-refractivity contribution is -0.121. The molecule has 0 heterocycles. The molecule has 106 valence electrons. The SMILES string of the molecule is CNC(=O)C(C)Nc1ccc(S(=O)(=O)N(C)C)cc1. The van der Waals surface area contributed by atoms with Gasteiger partial charge >= 0.3 is 0 Å². The fourth-order valence-corrected chi connectivity index (χ4v) is 2.37. The lowest BCUT2D eigenvalue weighted by atomic mass is 10.2. The predicted octanol–water partition coefficient (Wildman–Crippen LogP) is 0.483. The normalized spacial score (nSPS) is 13.1. The first-order valence-corrected chi connectivity index (χ1v) is 7.23. The molecule has 7 heteroatoms. The fraction of sp³-hybridized carbons (Fsp3) is 0.417. The van der Waals surface area contributed by atoms with Gasteiger partial charge in [0, 0.05) is 26.8 Å². The molecule has 0 bridgehead atoms. The number of sulfonamides is 1. The number of carbonyl (C=O) groups excluding carboxylic acids is 1. The Morgan fingerprint density at radius 2 is 1.74 bits per heavy atom. The van der Waals surface area contributed by atoms with Crippen LogP contribution in [-0.2, 0) is 14.8 Å². The summed E-state index contributed by atoms with van der Waals surface area (Å²) in [6, 6.07) is 5.90. The van der Waals surface area contributed by atoms with Crippen LogP contribution in [0, 0.1) is 0 Å². The second-order valence-corrected chi connectivity index (χ2v) is 6.44. The summed E-state index contributed by atoms with van der Waals surface area (Å²) >= 11 is 0. The first-order valence-electron chi connectivity index (χ1n) is 5.79. The summed E-state index contributed by atoms with van der Waals surface area (Å²) in [6.45, 7) is 1.73. The minimum Gasteiger partial charge on any atom is -0.374 e. The zero-order valence-corrected chi connectivity index (χ0v) is 12.3. The smallest absolute Gasteiger partial charge is 0.242 e. The van der Waals surface area contributed by atoms with Crippen LogP contribution in [0.5, 0.6) is 0 Å². The van der Waals surface area contributed by atoms with E-state index in [0.29, 0.717) is 5.69 Å². The molecule has 1 aromatic carbocycles. The Balaban J connectivity index is 2.86. The van der Waals surface area contributed by atoms with Crippen LogP contribution in [-0.4, -0.2) is 45.8 Å². The van der Waals surface area contributed by atoms with Crippen molar-refractivity contribution in [2.24, 2.45) is 0 Å². The molecule has 1 aromatic rings. The molecule has 1 atom stereocenters. The highest BCUT2D eigenvalue weighted by Crippen LogP contribution is 2.17. The van der Waals surface area contributed by atoms with E-state index in [1.54, 1.807) is 26.1 Å². The molecular formula is C12H19N3O3S. The van der Waals surface area contributed by atoms with Gasteiger partial charge in [0.25, 0.3) is 0 Å². The predicted molar refractivity (Wildman–Crippen MR) is 74.5 cm³/mol. The van der Waals surface area contributed by atoms with Gasteiger partial charge in [-0.25, -0.2) is 12.7 Å². The molecule has 0 spiro atoms. The van der Waals surface area contributed by atoms with E-state index < -0.39 is 10.0 Å². The van der Waals surface area contributed by atoms with Gasteiger partial charge in [0.2, 0.25) is 15.9 Å². The standard InChI is InChI=1S/C12H19N3O3S/c1-9(12(16)13-2)14-10-5-7-11(8-6-10)19(17,18)15(3)4/h5-9,14H,1-4H3,(H,13,16). The van der Waals surface area contributed by atoms with Gasteiger partial charge in [0.1, 0.15) is 6.04 Å². The van der Waals surface area contributed by atoms with Gasteiger partial charge in [-0.05, 0) is 31.2 Å². The molecule has 0 saturated heterocycles. The van der Waals surface area contributed by atoms with E-state index in [9.17, 15) is 13.2 Å². The van der Waals surface area contributed by atoms with E-state index in [2.05, 4.69) is 10.6 Å². The topological polar surface area (TPSA) is 78.5 Å². The summed E-state index contributed by atoms with van der Waals surface area (Å²) in [5.41, 5.74) is 0.689. The molecule has 1 amide bonds. The van der Waals surface area contributed by atoms with Crippen LogP contribution >= 0.6 is 0 Å².